The number of rotatable bonds is 4. The lowest BCUT2D eigenvalue weighted by molar-refractivity contribution is 0.0776. The van der Waals surface area contributed by atoms with Crippen LogP contribution in [-0.2, 0) is 10.0 Å². The third-order valence-electron chi connectivity index (χ3n) is 4.00. The van der Waals surface area contributed by atoms with Crippen LogP contribution in [0.2, 0.25) is 0 Å². The highest BCUT2D eigenvalue weighted by atomic mass is 35.5. The number of carbonyl (C=O) groups excluding carboxylic acids is 1. The Morgan fingerprint density at radius 3 is 2.68 bits per heavy atom. The van der Waals surface area contributed by atoms with Gasteiger partial charge in [-0.25, -0.2) is 13.1 Å². The van der Waals surface area contributed by atoms with Crippen LogP contribution in [0.4, 0.5) is 0 Å². The third kappa shape index (κ3) is 3.78. The normalized spacial score (nSPS) is 21.5. The minimum absolute atomic E-state index is 0. The molecule has 0 aromatic heterocycles. The van der Waals surface area contributed by atoms with Crippen LogP contribution in [0.5, 0.6) is 0 Å². The zero-order chi connectivity index (χ0) is 15.7. The molecule has 8 heteroatoms. The van der Waals surface area contributed by atoms with E-state index in [9.17, 15) is 13.2 Å². The van der Waals surface area contributed by atoms with Crippen LogP contribution in [0.15, 0.2) is 29.2 Å². The van der Waals surface area contributed by atoms with Crippen molar-refractivity contribution in [3.63, 3.8) is 0 Å². The summed E-state index contributed by atoms with van der Waals surface area (Å²) in [5.74, 6) is -0.152. The molecule has 0 bridgehead atoms. The SMILES string of the molecule is CNS(=O)(=O)c1cccc(C(=O)N2CCC(C)(CN)C2)c1.Cl. The molecule has 1 atom stereocenters. The number of nitrogens with zero attached hydrogens (tertiary/aromatic N) is 1. The van der Waals surface area contributed by atoms with Gasteiger partial charge in [0.2, 0.25) is 10.0 Å². The number of nitrogens with two attached hydrogens (primary N) is 1. The molecule has 124 valence electrons. The predicted molar refractivity (Wildman–Crippen MR) is 87.6 cm³/mol. The van der Waals surface area contributed by atoms with Crippen molar-refractivity contribution in [2.24, 2.45) is 11.1 Å². The van der Waals surface area contributed by atoms with Crippen LogP contribution in [0.1, 0.15) is 23.7 Å². The van der Waals surface area contributed by atoms with Crippen molar-refractivity contribution in [2.75, 3.05) is 26.7 Å². The van der Waals surface area contributed by atoms with Gasteiger partial charge in [-0.2, -0.15) is 0 Å². The number of hydrogen-bond donors (Lipinski definition) is 2. The van der Waals surface area contributed by atoms with E-state index in [1.54, 1.807) is 17.0 Å². The minimum Gasteiger partial charge on any atom is -0.338 e. The summed E-state index contributed by atoms with van der Waals surface area (Å²) in [6.07, 6.45) is 0.865. The van der Waals surface area contributed by atoms with Gasteiger partial charge in [-0.05, 0) is 43.6 Å². The first-order valence-corrected chi connectivity index (χ1v) is 8.33. The lowest BCUT2D eigenvalue weighted by Gasteiger charge is -2.22. The van der Waals surface area contributed by atoms with Gasteiger partial charge < -0.3 is 10.6 Å². The molecule has 1 aliphatic rings. The summed E-state index contributed by atoms with van der Waals surface area (Å²) in [5, 5.41) is 0. The highest BCUT2D eigenvalue weighted by molar-refractivity contribution is 7.89. The smallest absolute Gasteiger partial charge is 0.253 e. The van der Waals surface area contributed by atoms with Crippen LogP contribution in [0.3, 0.4) is 0 Å². The van der Waals surface area contributed by atoms with Gasteiger partial charge >= 0.3 is 0 Å². The standard InChI is InChI=1S/C14H21N3O3S.ClH/c1-14(9-15)6-7-17(10-14)13(18)11-4-3-5-12(8-11)21(19,20)16-2;/h3-5,8,16H,6-7,9-10,15H2,1-2H3;1H. The van der Waals surface area contributed by atoms with E-state index in [1.807, 2.05) is 0 Å². The highest BCUT2D eigenvalue weighted by Crippen LogP contribution is 2.29. The average molecular weight is 348 g/mol. The van der Waals surface area contributed by atoms with Gasteiger partial charge in [0, 0.05) is 18.7 Å². The Morgan fingerprint density at radius 2 is 2.14 bits per heavy atom. The lowest BCUT2D eigenvalue weighted by Crippen LogP contribution is -2.34. The average Bonchev–Trinajstić information content (AvgIpc) is 2.90. The summed E-state index contributed by atoms with van der Waals surface area (Å²) in [7, 11) is -2.20. The molecule has 1 heterocycles. The Labute approximate surface area is 137 Å². The molecule has 0 spiro atoms. The molecule has 1 aromatic carbocycles. The second-order valence-electron chi connectivity index (χ2n) is 5.73. The van der Waals surface area contributed by atoms with Gasteiger partial charge in [-0.3, -0.25) is 4.79 Å². The van der Waals surface area contributed by atoms with Crippen molar-refractivity contribution < 1.29 is 13.2 Å². The Kier molecular flexibility index (Phi) is 5.97. The van der Waals surface area contributed by atoms with Gasteiger partial charge in [0.25, 0.3) is 5.91 Å². The second-order valence-corrected chi connectivity index (χ2v) is 7.61. The van der Waals surface area contributed by atoms with Gasteiger partial charge in [0.05, 0.1) is 4.90 Å². The molecule has 6 nitrogen and oxygen atoms in total. The van der Waals surface area contributed by atoms with E-state index in [0.717, 1.165) is 6.42 Å². The topological polar surface area (TPSA) is 92.5 Å². The fourth-order valence-corrected chi connectivity index (χ4v) is 3.24. The molecule has 0 aliphatic carbocycles. The van der Waals surface area contributed by atoms with Gasteiger partial charge in [0.1, 0.15) is 0 Å². The molecule has 1 saturated heterocycles. The van der Waals surface area contributed by atoms with E-state index < -0.39 is 10.0 Å². The molecule has 1 unspecified atom stereocenters. The maximum atomic E-state index is 12.5. The van der Waals surface area contributed by atoms with Crippen molar-refractivity contribution >= 4 is 28.3 Å². The molecule has 1 fully saturated rings. The summed E-state index contributed by atoms with van der Waals surface area (Å²) in [5.41, 5.74) is 6.07. The number of benzene rings is 1. The summed E-state index contributed by atoms with van der Waals surface area (Å²) in [6.45, 7) is 3.84. The summed E-state index contributed by atoms with van der Waals surface area (Å²) in [4.78, 5) is 14.3. The first-order valence-electron chi connectivity index (χ1n) is 6.84. The number of hydrogen-bond acceptors (Lipinski definition) is 4. The van der Waals surface area contributed by atoms with Crippen LogP contribution < -0.4 is 10.5 Å². The minimum atomic E-state index is -3.55. The van der Waals surface area contributed by atoms with E-state index in [-0.39, 0.29) is 28.6 Å². The monoisotopic (exact) mass is 347 g/mol. The Balaban J connectivity index is 0.00000242. The molecule has 2 rings (SSSR count). The number of carbonyl (C=O) groups is 1. The summed E-state index contributed by atoms with van der Waals surface area (Å²) >= 11 is 0. The molecule has 1 amide bonds. The van der Waals surface area contributed by atoms with Crippen molar-refractivity contribution in [1.82, 2.24) is 9.62 Å². The van der Waals surface area contributed by atoms with Crippen LogP contribution >= 0.6 is 12.4 Å². The number of amides is 1. The van der Waals surface area contributed by atoms with Crippen molar-refractivity contribution in [3.05, 3.63) is 29.8 Å². The van der Waals surface area contributed by atoms with Crippen LogP contribution in [0, 0.1) is 5.41 Å². The highest BCUT2D eigenvalue weighted by Gasteiger charge is 2.35. The number of sulfonamides is 1. The van der Waals surface area contributed by atoms with Gasteiger partial charge in [-0.1, -0.05) is 13.0 Å². The van der Waals surface area contributed by atoms with E-state index in [0.29, 0.717) is 25.2 Å². The van der Waals surface area contributed by atoms with E-state index in [1.165, 1.54) is 19.2 Å². The Bertz CT molecular complexity index is 650. The maximum absolute atomic E-state index is 12.5. The number of likely N-dealkylation sites (tertiary alicyclic amines) is 1. The Morgan fingerprint density at radius 1 is 1.45 bits per heavy atom. The predicted octanol–water partition coefficient (Wildman–Crippen LogP) is 0.827. The van der Waals surface area contributed by atoms with Crippen LogP contribution in [0.25, 0.3) is 0 Å². The fourth-order valence-electron chi connectivity index (χ4n) is 2.46. The zero-order valence-corrected chi connectivity index (χ0v) is 14.3. The van der Waals surface area contributed by atoms with Gasteiger partial charge in [0.15, 0.2) is 0 Å². The third-order valence-corrected chi connectivity index (χ3v) is 5.41. The first kappa shape index (κ1) is 18.9. The second kappa shape index (κ2) is 6.95. The zero-order valence-electron chi connectivity index (χ0n) is 12.7. The Hall–Kier alpha value is -1.15. The molecule has 0 saturated carbocycles. The number of halogens is 1. The van der Waals surface area contributed by atoms with E-state index >= 15 is 0 Å². The van der Waals surface area contributed by atoms with Crippen molar-refractivity contribution in [2.45, 2.75) is 18.2 Å². The maximum Gasteiger partial charge on any atom is 0.253 e. The van der Waals surface area contributed by atoms with Gasteiger partial charge in [-0.15, -0.1) is 12.4 Å². The first-order chi connectivity index (χ1) is 9.81. The van der Waals surface area contributed by atoms with Crippen LogP contribution in [-0.4, -0.2) is 45.9 Å². The summed E-state index contributed by atoms with van der Waals surface area (Å²) in [6, 6.07) is 6.09. The lowest BCUT2D eigenvalue weighted by atomic mass is 9.90. The molecular formula is C14H22ClN3O3S. The molecule has 1 aromatic rings. The largest absolute Gasteiger partial charge is 0.338 e. The number of nitrogens with one attached hydrogen (secondary N) is 1. The molecule has 22 heavy (non-hydrogen) atoms. The van der Waals surface area contributed by atoms with E-state index in [4.69, 9.17) is 5.73 Å². The molecule has 0 radical (unpaired) electrons. The van der Waals surface area contributed by atoms with E-state index in [2.05, 4.69) is 11.6 Å². The van der Waals surface area contributed by atoms with Crippen molar-refractivity contribution in [3.8, 4) is 0 Å². The molecule has 1 aliphatic heterocycles. The van der Waals surface area contributed by atoms with Crippen molar-refractivity contribution in [1.29, 1.82) is 0 Å². The fraction of sp³-hybridized carbons (Fsp3) is 0.500. The summed E-state index contributed by atoms with van der Waals surface area (Å²) < 4.78 is 25.8. The molecule has 3 N–H and O–H groups in total. The quantitative estimate of drug-likeness (QED) is 0.843. The molecular weight excluding hydrogens is 326 g/mol.